The van der Waals surface area contributed by atoms with Gasteiger partial charge in [-0.25, -0.2) is 4.39 Å². The Hall–Kier alpha value is -3.06. The molecule has 0 bridgehead atoms. The normalized spacial score (nSPS) is 10.9. The molecule has 0 unspecified atom stereocenters. The van der Waals surface area contributed by atoms with Crippen LogP contribution < -0.4 is 4.74 Å². The van der Waals surface area contributed by atoms with Gasteiger partial charge in [0, 0.05) is 11.3 Å². The van der Waals surface area contributed by atoms with Crippen LogP contribution in [0.1, 0.15) is 11.3 Å². The SMILES string of the molecule is COc1ccc(CSc2nnc(-c3ccccc3)n2Cc2ccco2)cc1F. The molecule has 0 radical (unpaired) electrons. The first kappa shape index (κ1) is 18.3. The first-order chi connectivity index (χ1) is 13.7. The highest BCUT2D eigenvalue weighted by Gasteiger charge is 2.16. The van der Waals surface area contributed by atoms with Crippen molar-refractivity contribution >= 4 is 11.8 Å². The number of nitrogens with zero attached hydrogens (tertiary/aromatic N) is 3. The molecule has 0 fully saturated rings. The molecule has 4 aromatic rings. The number of thioether (sulfide) groups is 1. The Morgan fingerprint density at radius 1 is 1.07 bits per heavy atom. The van der Waals surface area contributed by atoms with Crippen LogP contribution in [0.5, 0.6) is 5.75 Å². The number of methoxy groups -OCH3 is 1. The number of rotatable bonds is 7. The van der Waals surface area contributed by atoms with E-state index in [1.54, 1.807) is 12.3 Å². The van der Waals surface area contributed by atoms with Crippen LogP contribution >= 0.6 is 11.8 Å². The van der Waals surface area contributed by atoms with Gasteiger partial charge in [0.2, 0.25) is 0 Å². The van der Waals surface area contributed by atoms with Crippen molar-refractivity contribution < 1.29 is 13.5 Å². The largest absolute Gasteiger partial charge is 0.494 e. The summed E-state index contributed by atoms with van der Waals surface area (Å²) in [5, 5.41) is 9.48. The van der Waals surface area contributed by atoms with Crippen LogP contribution in [0.2, 0.25) is 0 Å². The molecule has 0 amide bonds. The summed E-state index contributed by atoms with van der Waals surface area (Å²) in [5.74, 6) is 2.00. The van der Waals surface area contributed by atoms with Gasteiger partial charge in [-0.15, -0.1) is 10.2 Å². The first-order valence-corrected chi connectivity index (χ1v) is 9.69. The lowest BCUT2D eigenvalue weighted by Gasteiger charge is -2.09. The van der Waals surface area contributed by atoms with Gasteiger partial charge >= 0.3 is 0 Å². The molecule has 2 aromatic carbocycles. The Bertz CT molecular complexity index is 1050. The van der Waals surface area contributed by atoms with Crippen LogP contribution in [0, 0.1) is 5.82 Å². The van der Waals surface area contributed by atoms with Crippen LogP contribution in [0.25, 0.3) is 11.4 Å². The monoisotopic (exact) mass is 395 g/mol. The summed E-state index contributed by atoms with van der Waals surface area (Å²) in [4.78, 5) is 0. The molecule has 7 heteroatoms. The van der Waals surface area contributed by atoms with Crippen molar-refractivity contribution in [1.82, 2.24) is 14.8 Å². The van der Waals surface area contributed by atoms with E-state index in [0.717, 1.165) is 27.9 Å². The van der Waals surface area contributed by atoms with E-state index in [-0.39, 0.29) is 11.6 Å². The second-order valence-electron chi connectivity index (χ2n) is 6.10. The minimum atomic E-state index is -0.373. The topological polar surface area (TPSA) is 53.1 Å². The fourth-order valence-electron chi connectivity index (χ4n) is 2.84. The Balaban J connectivity index is 1.61. The Morgan fingerprint density at radius 3 is 2.64 bits per heavy atom. The van der Waals surface area contributed by atoms with Crippen molar-refractivity contribution in [3.8, 4) is 17.1 Å². The molecule has 4 rings (SSSR count). The minimum absolute atomic E-state index is 0.237. The summed E-state index contributed by atoms with van der Waals surface area (Å²) in [5.41, 5.74) is 1.82. The third-order valence-electron chi connectivity index (χ3n) is 4.23. The van der Waals surface area contributed by atoms with Crippen molar-refractivity contribution in [2.45, 2.75) is 17.5 Å². The molecule has 2 aromatic heterocycles. The zero-order chi connectivity index (χ0) is 19.3. The number of aromatic nitrogens is 3. The average Bonchev–Trinajstić information content (AvgIpc) is 3.38. The summed E-state index contributed by atoms with van der Waals surface area (Å²) >= 11 is 1.50. The second-order valence-corrected chi connectivity index (χ2v) is 7.04. The smallest absolute Gasteiger partial charge is 0.192 e. The van der Waals surface area contributed by atoms with Crippen molar-refractivity contribution in [1.29, 1.82) is 0 Å². The summed E-state index contributed by atoms with van der Waals surface area (Å²) < 4.78 is 26.4. The molecule has 0 aliphatic carbocycles. The maximum atomic E-state index is 14.0. The van der Waals surface area contributed by atoms with Gasteiger partial charge in [0.1, 0.15) is 5.76 Å². The molecule has 0 N–H and O–H groups in total. The Morgan fingerprint density at radius 2 is 1.93 bits per heavy atom. The number of ether oxygens (including phenoxy) is 1. The molecule has 0 atom stereocenters. The molecular weight excluding hydrogens is 377 g/mol. The first-order valence-electron chi connectivity index (χ1n) is 8.71. The third-order valence-corrected chi connectivity index (χ3v) is 5.26. The number of hydrogen-bond donors (Lipinski definition) is 0. The zero-order valence-corrected chi connectivity index (χ0v) is 16.0. The van der Waals surface area contributed by atoms with E-state index in [9.17, 15) is 4.39 Å². The number of halogens is 1. The summed E-state index contributed by atoms with van der Waals surface area (Å²) in [7, 11) is 1.45. The molecule has 0 saturated carbocycles. The van der Waals surface area contributed by atoms with Gasteiger partial charge in [0.05, 0.1) is 19.9 Å². The van der Waals surface area contributed by atoms with Crippen LogP contribution in [0.4, 0.5) is 4.39 Å². The average molecular weight is 395 g/mol. The van der Waals surface area contributed by atoms with Crippen molar-refractivity contribution in [3.63, 3.8) is 0 Å². The fourth-order valence-corrected chi connectivity index (χ4v) is 3.73. The van der Waals surface area contributed by atoms with Gasteiger partial charge in [0.15, 0.2) is 22.5 Å². The van der Waals surface area contributed by atoms with E-state index >= 15 is 0 Å². The molecule has 0 aliphatic rings. The summed E-state index contributed by atoms with van der Waals surface area (Å²) in [6, 6.07) is 18.6. The predicted molar refractivity (Wildman–Crippen MR) is 106 cm³/mol. The van der Waals surface area contributed by atoms with Crippen molar-refractivity contribution in [3.05, 3.63) is 84.1 Å². The third kappa shape index (κ3) is 3.94. The maximum absolute atomic E-state index is 14.0. The molecule has 142 valence electrons. The highest BCUT2D eigenvalue weighted by Crippen LogP contribution is 2.28. The fraction of sp³-hybridized carbons (Fsp3) is 0.143. The van der Waals surface area contributed by atoms with Gasteiger partial charge in [-0.3, -0.25) is 4.57 Å². The maximum Gasteiger partial charge on any atom is 0.192 e. The highest BCUT2D eigenvalue weighted by atomic mass is 32.2. The molecule has 0 spiro atoms. The Kier molecular flexibility index (Phi) is 5.43. The van der Waals surface area contributed by atoms with Crippen molar-refractivity contribution in [2.75, 3.05) is 7.11 Å². The summed E-state index contributed by atoms with van der Waals surface area (Å²) in [6.07, 6.45) is 1.65. The zero-order valence-electron chi connectivity index (χ0n) is 15.2. The van der Waals surface area contributed by atoms with Crippen LogP contribution in [0.15, 0.2) is 76.5 Å². The molecule has 2 heterocycles. The van der Waals surface area contributed by atoms with Gasteiger partial charge in [-0.2, -0.15) is 0 Å². The minimum Gasteiger partial charge on any atom is -0.494 e. The number of benzene rings is 2. The highest BCUT2D eigenvalue weighted by molar-refractivity contribution is 7.98. The second kappa shape index (κ2) is 8.31. The van der Waals surface area contributed by atoms with Crippen LogP contribution in [0.3, 0.4) is 0 Å². The van der Waals surface area contributed by atoms with E-state index in [1.807, 2.05) is 53.1 Å². The Labute approximate surface area is 166 Å². The van der Waals surface area contributed by atoms with Crippen LogP contribution in [-0.4, -0.2) is 21.9 Å². The molecule has 0 aliphatic heterocycles. The van der Waals surface area contributed by atoms with E-state index in [0.29, 0.717) is 12.3 Å². The quantitative estimate of drug-likeness (QED) is 0.411. The number of furan rings is 1. The van der Waals surface area contributed by atoms with E-state index in [1.165, 1.54) is 24.9 Å². The summed E-state index contributed by atoms with van der Waals surface area (Å²) in [6.45, 7) is 0.517. The molecular formula is C21H18FN3O2S. The lowest BCUT2D eigenvalue weighted by molar-refractivity contribution is 0.386. The lowest BCUT2D eigenvalue weighted by atomic mass is 10.2. The van der Waals surface area contributed by atoms with E-state index in [4.69, 9.17) is 9.15 Å². The van der Waals surface area contributed by atoms with Gasteiger partial charge < -0.3 is 9.15 Å². The molecule has 28 heavy (non-hydrogen) atoms. The van der Waals surface area contributed by atoms with E-state index in [2.05, 4.69) is 10.2 Å². The molecule has 0 saturated heterocycles. The van der Waals surface area contributed by atoms with Crippen LogP contribution in [-0.2, 0) is 12.3 Å². The van der Waals surface area contributed by atoms with Gasteiger partial charge in [-0.1, -0.05) is 48.2 Å². The van der Waals surface area contributed by atoms with Crippen molar-refractivity contribution in [2.24, 2.45) is 0 Å². The predicted octanol–water partition coefficient (Wildman–Crippen LogP) is 5.03. The van der Waals surface area contributed by atoms with Gasteiger partial charge in [0.25, 0.3) is 0 Å². The number of hydrogen-bond acceptors (Lipinski definition) is 5. The molecule has 5 nitrogen and oxygen atoms in total. The van der Waals surface area contributed by atoms with Gasteiger partial charge in [-0.05, 0) is 29.8 Å². The lowest BCUT2D eigenvalue weighted by Crippen LogP contribution is -2.03. The standard InChI is InChI=1S/C21H18FN3O2S/c1-26-19-10-9-15(12-18(19)22)14-28-21-24-23-20(16-6-3-2-4-7-16)25(21)13-17-8-5-11-27-17/h2-12H,13-14H2,1H3. The van der Waals surface area contributed by atoms with E-state index < -0.39 is 0 Å².